The number of allylic oxidation sites excluding steroid dienone is 1. The van der Waals surface area contributed by atoms with Crippen LogP contribution in [0.5, 0.6) is 0 Å². The van der Waals surface area contributed by atoms with Crippen molar-refractivity contribution in [1.82, 2.24) is 9.55 Å². The van der Waals surface area contributed by atoms with Gasteiger partial charge in [0.25, 0.3) is 5.91 Å². The van der Waals surface area contributed by atoms with Gasteiger partial charge < -0.3 is 10.3 Å². The minimum Gasteiger partial charge on any atom is -0.366 e. The minimum atomic E-state index is -0.372. The van der Waals surface area contributed by atoms with Crippen molar-refractivity contribution in [2.45, 2.75) is 19.9 Å². The van der Waals surface area contributed by atoms with E-state index in [4.69, 9.17) is 5.73 Å². The van der Waals surface area contributed by atoms with Gasteiger partial charge in [-0.2, -0.15) is 0 Å². The van der Waals surface area contributed by atoms with Crippen LogP contribution in [0.3, 0.4) is 0 Å². The summed E-state index contributed by atoms with van der Waals surface area (Å²) in [5, 5.41) is 0. The van der Waals surface area contributed by atoms with Crippen molar-refractivity contribution in [3.8, 4) is 11.3 Å². The van der Waals surface area contributed by atoms with Crippen molar-refractivity contribution in [1.29, 1.82) is 0 Å². The number of nitrogens with zero attached hydrogens (tertiary/aromatic N) is 2. The molecule has 0 atom stereocenters. The molecule has 2 N–H and O–H groups in total. The molecule has 2 aromatic rings. The van der Waals surface area contributed by atoms with Gasteiger partial charge in [-0.05, 0) is 37.1 Å². The number of carbonyl (C=O) groups is 1. The molecule has 0 saturated heterocycles. The summed E-state index contributed by atoms with van der Waals surface area (Å²) >= 11 is 0. The third-order valence-electron chi connectivity index (χ3n) is 3.52. The predicted molar refractivity (Wildman–Crippen MR) is 74.6 cm³/mol. The zero-order valence-corrected chi connectivity index (χ0v) is 10.8. The Labute approximate surface area is 111 Å². The van der Waals surface area contributed by atoms with Gasteiger partial charge >= 0.3 is 0 Å². The fourth-order valence-electron chi connectivity index (χ4n) is 2.76. The first-order chi connectivity index (χ1) is 9.20. The summed E-state index contributed by atoms with van der Waals surface area (Å²) in [7, 11) is 0. The Bertz CT molecular complexity index is 668. The third kappa shape index (κ3) is 1.76. The molecule has 1 amide bonds. The molecule has 2 aromatic heterocycles. The Kier molecular flexibility index (Phi) is 2.71. The van der Waals surface area contributed by atoms with Gasteiger partial charge in [-0.15, -0.1) is 0 Å². The average Bonchev–Trinajstić information content (AvgIpc) is 2.71. The molecule has 0 aliphatic carbocycles. The molecule has 0 radical (unpaired) electrons. The molecule has 0 saturated carbocycles. The largest absolute Gasteiger partial charge is 0.366 e. The highest BCUT2D eigenvalue weighted by molar-refractivity contribution is 6.00. The van der Waals surface area contributed by atoms with E-state index < -0.39 is 0 Å². The lowest BCUT2D eigenvalue weighted by atomic mass is 10.1. The molecular weight excluding hydrogens is 238 g/mol. The van der Waals surface area contributed by atoms with Gasteiger partial charge in [0.15, 0.2) is 0 Å². The highest BCUT2D eigenvalue weighted by atomic mass is 16.1. The Morgan fingerprint density at radius 1 is 1.47 bits per heavy atom. The van der Waals surface area contributed by atoms with Crippen molar-refractivity contribution in [3.05, 3.63) is 47.4 Å². The number of aromatic nitrogens is 2. The van der Waals surface area contributed by atoms with Crippen LogP contribution in [0.1, 0.15) is 28.0 Å². The van der Waals surface area contributed by atoms with Crippen molar-refractivity contribution in [2.24, 2.45) is 5.73 Å². The van der Waals surface area contributed by atoms with Gasteiger partial charge in [0.05, 0.1) is 17.0 Å². The number of rotatable bonds is 2. The second kappa shape index (κ2) is 4.39. The molecule has 0 fully saturated rings. The lowest BCUT2D eigenvalue weighted by Gasteiger charge is -2.14. The standard InChI is InChI=1S/C15H15N3O/c1-10-13(15(16)19)12-6-2-3-8-18(12)14(10)11-5-4-7-17-9-11/h2,4-7,9H,3,8H2,1H3,(H2,16,19). The summed E-state index contributed by atoms with van der Waals surface area (Å²) in [6, 6.07) is 3.91. The fraction of sp³-hybridized carbons (Fsp3) is 0.200. The van der Waals surface area contributed by atoms with E-state index in [0.29, 0.717) is 5.56 Å². The third-order valence-corrected chi connectivity index (χ3v) is 3.52. The summed E-state index contributed by atoms with van der Waals surface area (Å²) in [5.74, 6) is -0.372. The lowest BCUT2D eigenvalue weighted by molar-refractivity contribution is 0.0999. The number of hydrogen-bond donors (Lipinski definition) is 1. The molecule has 1 aliphatic heterocycles. The number of amides is 1. The monoisotopic (exact) mass is 253 g/mol. The summed E-state index contributed by atoms with van der Waals surface area (Å²) in [5.41, 5.74) is 10.1. The first-order valence-corrected chi connectivity index (χ1v) is 6.30. The van der Waals surface area contributed by atoms with Crippen LogP contribution in [0, 0.1) is 6.92 Å². The van der Waals surface area contributed by atoms with Gasteiger partial charge in [-0.3, -0.25) is 9.78 Å². The van der Waals surface area contributed by atoms with Crippen molar-refractivity contribution < 1.29 is 4.79 Å². The topological polar surface area (TPSA) is 60.9 Å². The molecule has 0 unspecified atom stereocenters. The molecule has 0 bridgehead atoms. The van der Waals surface area contributed by atoms with Gasteiger partial charge in [0, 0.05) is 24.5 Å². The van der Waals surface area contributed by atoms with E-state index >= 15 is 0 Å². The van der Waals surface area contributed by atoms with Crippen LogP contribution in [0.2, 0.25) is 0 Å². The molecule has 19 heavy (non-hydrogen) atoms. The van der Waals surface area contributed by atoms with Crippen molar-refractivity contribution in [2.75, 3.05) is 0 Å². The number of pyridine rings is 1. The van der Waals surface area contributed by atoms with E-state index in [0.717, 1.165) is 35.5 Å². The molecule has 4 heteroatoms. The highest BCUT2D eigenvalue weighted by Crippen LogP contribution is 2.33. The fourth-order valence-corrected chi connectivity index (χ4v) is 2.76. The van der Waals surface area contributed by atoms with Crippen molar-refractivity contribution >= 4 is 12.0 Å². The van der Waals surface area contributed by atoms with E-state index in [2.05, 4.69) is 15.6 Å². The SMILES string of the molecule is Cc1c(C(N)=O)c2n(c1-c1cccnc1)CCC=C2. The van der Waals surface area contributed by atoms with E-state index in [9.17, 15) is 4.79 Å². The highest BCUT2D eigenvalue weighted by Gasteiger charge is 2.23. The minimum absolute atomic E-state index is 0.372. The molecule has 3 heterocycles. The normalized spacial score (nSPS) is 13.3. The maximum atomic E-state index is 11.7. The first-order valence-electron chi connectivity index (χ1n) is 6.30. The van der Waals surface area contributed by atoms with E-state index in [-0.39, 0.29) is 5.91 Å². The predicted octanol–water partition coefficient (Wildman–Crippen LogP) is 2.37. The quantitative estimate of drug-likeness (QED) is 0.893. The molecule has 96 valence electrons. The molecular formula is C15H15N3O. The van der Waals surface area contributed by atoms with Gasteiger partial charge in [-0.1, -0.05) is 6.08 Å². The number of carbonyl (C=O) groups excluding carboxylic acids is 1. The number of primary amides is 1. The molecule has 0 spiro atoms. The Hall–Kier alpha value is -2.36. The van der Waals surface area contributed by atoms with Crippen LogP contribution in [-0.4, -0.2) is 15.5 Å². The van der Waals surface area contributed by atoms with Gasteiger partial charge in [0.1, 0.15) is 0 Å². The van der Waals surface area contributed by atoms with Crippen LogP contribution in [0.25, 0.3) is 17.3 Å². The maximum absolute atomic E-state index is 11.7. The summed E-state index contributed by atoms with van der Waals surface area (Å²) in [4.78, 5) is 15.9. The summed E-state index contributed by atoms with van der Waals surface area (Å²) in [6.07, 6.45) is 8.59. The number of hydrogen-bond acceptors (Lipinski definition) is 2. The molecule has 3 rings (SSSR count). The average molecular weight is 253 g/mol. The smallest absolute Gasteiger partial charge is 0.251 e. The van der Waals surface area contributed by atoms with Crippen LogP contribution >= 0.6 is 0 Å². The Morgan fingerprint density at radius 2 is 2.32 bits per heavy atom. The Morgan fingerprint density at radius 3 is 3.00 bits per heavy atom. The second-order valence-corrected chi connectivity index (χ2v) is 4.68. The van der Waals surface area contributed by atoms with Gasteiger partial charge in [-0.25, -0.2) is 0 Å². The zero-order chi connectivity index (χ0) is 13.4. The lowest BCUT2D eigenvalue weighted by Crippen LogP contribution is -2.14. The number of nitrogens with two attached hydrogens (primary N) is 1. The van der Waals surface area contributed by atoms with Crippen LogP contribution in [0.15, 0.2) is 30.6 Å². The van der Waals surface area contributed by atoms with Crippen LogP contribution in [0.4, 0.5) is 0 Å². The van der Waals surface area contributed by atoms with Crippen LogP contribution in [-0.2, 0) is 6.54 Å². The van der Waals surface area contributed by atoms with E-state index in [1.807, 2.05) is 31.3 Å². The van der Waals surface area contributed by atoms with Crippen molar-refractivity contribution in [3.63, 3.8) is 0 Å². The summed E-state index contributed by atoms with van der Waals surface area (Å²) < 4.78 is 2.16. The second-order valence-electron chi connectivity index (χ2n) is 4.68. The summed E-state index contributed by atoms with van der Waals surface area (Å²) in [6.45, 7) is 2.81. The molecule has 4 nitrogen and oxygen atoms in total. The molecule has 1 aliphatic rings. The maximum Gasteiger partial charge on any atom is 0.251 e. The van der Waals surface area contributed by atoms with Crippen LogP contribution < -0.4 is 5.73 Å². The zero-order valence-electron chi connectivity index (χ0n) is 10.8. The van der Waals surface area contributed by atoms with E-state index in [1.54, 1.807) is 6.20 Å². The number of fused-ring (bicyclic) bond motifs is 1. The Balaban J connectivity index is 2.32. The van der Waals surface area contributed by atoms with E-state index in [1.165, 1.54) is 0 Å². The van der Waals surface area contributed by atoms with Gasteiger partial charge in [0.2, 0.25) is 0 Å². The first kappa shape index (κ1) is 11.7. The molecule has 0 aromatic carbocycles.